The molecule has 0 aromatic carbocycles. The average Bonchev–Trinajstić information content (AvgIpc) is 2.13. The van der Waals surface area contributed by atoms with Gasteiger partial charge in [-0.2, -0.15) is 0 Å². The summed E-state index contributed by atoms with van der Waals surface area (Å²) in [5, 5.41) is 2.64. The predicted molar refractivity (Wildman–Crippen MR) is 39.5 cm³/mol. The Bertz CT molecular complexity index is 179. The van der Waals surface area contributed by atoms with Crippen LogP contribution < -0.4 is 11.1 Å². The van der Waals surface area contributed by atoms with Crippen molar-refractivity contribution in [2.24, 2.45) is 11.7 Å². The first-order chi connectivity index (χ1) is 5.22. The van der Waals surface area contributed by atoms with Crippen molar-refractivity contribution in [1.82, 2.24) is 5.32 Å². The molecule has 0 spiro atoms. The Morgan fingerprint density at radius 3 is 2.91 bits per heavy atom. The molecule has 1 aliphatic heterocycles. The van der Waals surface area contributed by atoms with E-state index in [9.17, 15) is 9.59 Å². The molecule has 1 rings (SSSR count). The van der Waals surface area contributed by atoms with Gasteiger partial charge in [0.15, 0.2) is 0 Å². The summed E-state index contributed by atoms with van der Waals surface area (Å²) >= 11 is 0. The summed E-state index contributed by atoms with van der Waals surface area (Å²) in [5.74, 6) is -1.32. The lowest BCUT2D eigenvalue weighted by molar-refractivity contribution is -0.133. The SMILES string of the molecule is NC(=O)C1CCCCNC1=O. The van der Waals surface area contributed by atoms with E-state index in [4.69, 9.17) is 5.73 Å². The van der Waals surface area contributed by atoms with Crippen LogP contribution in [0, 0.1) is 5.92 Å². The lowest BCUT2D eigenvalue weighted by Crippen LogP contribution is -2.37. The zero-order valence-electron chi connectivity index (χ0n) is 6.30. The quantitative estimate of drug-likeness (QED) is 0.497. The van der Waals surface area contributed by atoms with Crippen LogP contribution >= 0.6 is 0 Å². The molecule has 3 N–H and O–H groups in total. The van der Waals surface area contributed by atoms with Gasteiger partial charge in [-0.3, -0.25) is 9.59 Å². The minimum atomic E-state index is -0.600. The van der Waals surface area contributed by atoms with Gasteiger partial charge >= 0.3 is 0 Å². The molecule has 0 bridgehead atoms. The van der Waals surface area contributed by atoms with E-state index in [1.807, 2.05) is 0 Å². The maximum Gasteiger partial charge on any atom is 0.232 e. The van der Waals surface area contributed by atoms with Gasteiger partial charge in [-0.25, -0.2) is 0 Å². The van der Waals surface area contributed by atoms with Gasteiger partial charge in [-0.15, -0.1) is 0 Å². The van der Waals surface area contributed by atoms with Gasteiger partial charge in [0.05, 0.1) is 0 Å². The minimum Gasteiger partial charge on any atom is -0.369 e. The van der Waals surface area contributed by atoms with E-state index in [0.29, 0.717) is 13.0 Å². The molecule has 1 heterocycles. The fourth-order valence-electron chi connectivity index (χ4n) is 1.21. The third-order valence-electron chi connectivity index (χ3n) is 1.88. The van der Waals surface area contributed by atoms with Crippen LogP contribution in [0.25, 0.3) is 0 Å². The monoisotopic (exact) mass is 156 g/mol. The van der Waals surface area contributed by atoms with Crippen molar-refractivity contribution in [3.63, 3.8) is 0 Å². The van der Waals surface area contributed by atoms with Gasteiger partial charge in [0, 0.05) is 6.54 Å². The largest absolute Gasteiger partial charge is 0.369 e. The normalized spacial score (nSPS) is 25.5. The second kappa shape index (κ2) is 3.37. The standard InChI is InChI=1S/C7H12N2O2/c8-6(10)5-3-1-2-4-9-7(5)11/h5H,1-4H2,(H2,8,10)(H,9,11). The Labute approximate surface area is 65.1 Å². The van der Waals surface area contributed by atoms with E-state index >= 15 is 0 Å². The van der Waals surface area contributed by atoms with Crippen molar-refractivity contribution >= 4 is 11.8 Å². The number of rotatable bonds is 1. The van der Waals surface area contributed by atoms with Crippen LogP contribution in [-0.4, -0.2) is 18.4 Å². The maximum atomic E-state index is 11.0. The van der Waals surface area contributed by atoms with Crippen molar-refractivity contribution in [1.29, 1.82) is 0 Å². The molecule has 0 aromatic heterocycles. The van der Waals surface area contributed by atoms with Crippen molar-refractivity contribution in [3.8, 4) is 0 Å². The molecule has 11 heavy (non-hydrogen) atoms. The Kier molecular flexibility index (Phi) is 2.46. The molecule has 1 aliphatic rings. The number of amides is 2. The molecule has 62 valence electrons. The smallest absolute Gasteiger partial charge is 0.232 e. The van der Waals surface area contributed by atoms with Crippen LogP contribution in [0.15, 0.2) is 0 Å². The summed E-state index contributed by atoms with van der Waals surface area (Å²) in [7, 11) is 0. The zero-order valence-corrected chi connectivity index (χ0v) is 6.30. The highest BCUT2D eigenvalue weighted by atomic mass is 16.2. The Morgan fingerprint density at radius 1 is 1.55 bits per heavy atom. The maximum absolute atomic E-state index is 11.0. The Balaban J connectivity index is 2.59. The molecule has 1 fully saturated rings. The number of carbonyl (C=O) groups excluding carboxylic acids is 2. The van der Waals surface area contributed by atoms with Crippen LogP contribution in [0.4, 0.5) is 0 Å². The first-order valence-corrected chi connectivity index (χ1v) is 3.79. The van der Waals surface area contributed by atoms with E-state index in [1.54, 1.807) is 0 Å². The van der Waals surface area contributed by atoms with Crippen LogP contribution in [0.3, 0.4) is 0 Å². The lowest BCUT2D eigenvalue weighted by atomic mass is 10.0. The highest BCUT2D eigenvalue weighted by molar-refractivity contribution is 5.99. The van der Waals surface area contributed by atoms with Crippen LogP contribution in [-0.2, 0) is 9.59 Å². The van der Waals surface area contributed by atoms with E-state index in [-0.39, 0.29) is 5.91 Å². The highest BCUT2D eigenvalue weighted by Crippen LogP contribution is 2.11. The number of hydrogen-bond acceptors (Lipinski definition) is 2. The Morgan fingerprint density at radius 2 is 2.27 bits per heavy atom. The first-order valence-electron chi connectivity index (χ1n) is 3.79. The third kappa shape index (κ3) is 1.93. The fraction of sp³-hybridized carbons (Fsp3) is 0.714. The first kappa shape index (κ1) is 8.04. The topological polar surface area (TPSA) is 72.2 Å². The number of hydrogen-bond donors (Lipinski definition) is 2. The molecule has 0 aliphatic carbocycles. The summed E-state index contributed by atoms with van der Waals surface area (Å²) in [4.78, 5) is 21.7. The fourth-order valence-corrected chi connectivity index (χ4v) is 1.21. The number of primary amides is 1. The van der Waals surface area contributed by atoms with E-state index in [2.05, 4.69) is 5.32 Å². The van der Waals surface area contributed by atoms with Crippen molar-refractivity contribution in [2.45, 2.75) is 19.3 Å². The van der Waals surface area contributed by atoms with Gasteiger partial charge in [0.1, 0.15) is 5.92 Å². The van der Waals surface area contributed by atoms with Crippen LogP contribution in [0.2, 0.25) is 0 Å². The van der Waals surface area contributed by atoms with Gasteiger partial charge in [0.25, 0.3) is 0 Å². The second-order valence-corrected chi connectivity index (χ2v) is 2.74. The molecule has 0 aromatic rings. The molecule has 2 amide bonds. The lowest BCUT2D eigenvalue weighted by Gasteiger charge is -2.06. The van der Waals surface area contributed by atoms with Gasteiger partial charge in [-0.05, 0) is 12.8 Å². The Hall–Kier alpha value is -1.06. The summed E-state index contributed by atoms with van der Waals surface area (Å²) in [6.45, 7) is 0.669. The third-order valence-corrected chi connectivity index (χ3v) is 1.88. The zero-order chi connectivity index (χ0) is 8.27. The molecule has 1 atom stereocenters. The molecule has 0 radical (unpaired) electrons. The van der Waals surface area contributed by atoms with Crippen molar-refractivity contribution in [3.05, 3.63) is 0 Å². The van der Waals surface area contributed by atoms with E-state index in [1.165, 1.54) is 0 Å². The molecule has 1 unspecified atom stereocenters. The summed E-state index contributed by atoms with van der Waals surface area (Å²) in [6.07, 6.45) is 2.43. The van der Waals surface area contributed by atoms with Gasteiger partial charge < -0.3 is 11.1 Å². The molecule has 0 saturated carbocycles. The summed E-state index contributed by atoms with van der Waals surface area (Å²) in [5.41, 5.74) is 5.03. The molecule has 1 saturated heterocycles. The molecule has 4 nitrogen and oxygen atoms in total. The predicted octanol–water partition coefficient (Wildman–Crippen LogP) is -0.612. The summed E-state index contributed by atoms with van der Waals surface area (Å²) in [6, 6.07) is 0. The van der Waals surface area contributed by atoms with Crippen molar-refractivity contribution in [2.75, 3.05) is 6.54 Å². The van der Waals surface area contributed by atoms with Gasteiger partial charge in [-0.1, -0.05) is 6.42 Å². The van der Waals surface area contributed by atoms with Gasteiger partial charge in [0.2, 0.25) is 11.8 Å². The van der Waals surface area contributed by atoms with Crippen LogP contribution in [0.1, 0.15) is 19.3 Å². The average molecular weight is 156 g/mol. The molecular formula is C7H12N2O2. The van der Waals surface area contributed by atoms with Crippen LogP contribution in [0.5, 0.6) is 0 Å². The van der Waals surface area contributed by atoms with E-state index < -0.39 is 11.8 Å². The number of carbonyl (C=O) groups is 2. The highest BCUT2D eigenvalue weighted by Gasteiger charge is 2.25. The van der Waals surface area contributed by atoms with E-state index in [0.717, 1.165) is 12.8 Å². The second-order valence-electron chi connectivity index (χ2n) is 2.74. The molecule has 4 heteroatoms. The molecular weight excluding hydrogens is 144 g/mol. The van der Waals surface area contributed by atoms with Crippen molar-refractivity contribution < 1.29 is 9.59 Å². The summed E-state index contributed by atoms with van der Waals surface area (Å²) < 4.78 is 0. The number of nitrogens with two attached hydrogens (primary N) is 1. The number of nitrogens with one attached hydrogen (secondary N) is 1. The minimum absolute atomic E-state index is 0.213.